The standard InChI is InChI=1S/C82H66N2/c1-79(2)71-35-19-15-33-67(71)69-51-49-63(53-75(69)79)83(77-39-23-17-31-65(77)56-25-9-6-10-26-56)61-45-41-58(42-46-61)81(5)55-82(59-29-13-8-14-30-59,74-38-22-21-37-73(74)81)60-43-47-62(48-44-60)84(78-40-24-18-32-66(78)57-27-11-7-12-28-57)64-50-52-70-68-34-16-20-36-72(68)80(3,4)76(70)54-64/h6-54H,55H2,1-5H3. The summed E-state index contributed by atoms with van der Waals surface area (Å²) in [6.07, 6.45) is 0.851. The van der Waals surface area contributed by atoms with Crippen LogP contribution in [0.3, 0.4) is 0 Å². The SMILES string of the molecule is CC1(C)c2ccccc2-c2ccc(N(c3ccc(C4(C)CC(c5ccccc5)(c5ccc(N(c6ccc7c(c6)C(C)(C)c6ccccc6-7)c6ccccc6-c6ccccc6)cc5)c5ccccc54)cc3)c3ccccc3-c3ccccc3)cc21. The van der Waals surface area contributed by atoms with Gasteiger partial charge in [-0.3, -0.25) is 0 Å². The molecule has 0 bridgehead atoms. The van der Waals surface area contributed by atoms with Gasteiger partial charge < -0.3 is 9.80 Å². The zero-order chi connectivity index (χ0) is 56.8. The summed E-state index contributed by atoms with van der Waals surface area (Å²) in [7, 11) is 0. The molecule has 3 aliphatic rings. The Morgan fingerprint density at radius 1 is 0.250 bits per heavy atom. The van der Waals surface area contributed by atoms with Crippen molar-refractivity contribution < 1.29 is 0 Å². The van der Waals surface area contributed by atoms with Gasteiger partial charge in [-0.25, -0.2) is 0 Å². The number of para-hydroxylation sites is 2. The van der Waals surface area contributed by atoms with E-state index >= 15 is 0 Å². The van der Waals surface area contributed by atoms with Gasteiger partial charge in [0.25, 0.3) is 0 Å². The van der Waals surface area contributed by atoms with Crippen molar-refractivity contribution in [2.45, 2.75) is 62.7 Å². The molecule has 0 spiro atoms. The molecule has 0 aliphatic heterocycles. The van der Waals surface area contributed by atoms with E-state index in [1.165, 1.54) is 94.6 Å². The van der Waals surface area contributed by atoms with E-state index in [1.807, 2.05) is 0 Å². The number of hydrogen-bond acceptors (Lipinski definition) is 2. The van der Waals surface area contributed by atoms with Crippen LogP contribution in [0.15, 0.2) is 297 Å². The highest BCUT2D eigenvalue weighted by Gasteiger charge is 2.52. The molecule has 0 radical (unpaired) electrons. The molecule has 0 N–H and O–H groups in total. The summed E-state index contributed by atoms with van der Waals surface area (Å²) >= 11 is 0. The zero-order valence-electron chi connectivity index (χ0n) is 48.4. The normalized spacial score (nSPS) is 17.3. The Morgan fingerprint density at radius 3 is 1.05 bits per heavy atom. The first-order chi connectivity index (χ1) is 41.0. The fourth-order valence-corrected chi connectivity index (χ4v) is 15.2. The van der Waals surface area contributed by atoms with Crippen LogP contribution >= 0.6 is 0 Å². The fourth-order valence-electron chi connectivity index (χ4n) is 15.2. The molecule has 2 unspecified atom stereocenters. The summed E-state index contributed by atoms with van der Waals surface area (Å²) in [5, 5.41) is 0. The highest BCUT2D eigenvalue weighted by atomic mass is 15.2. The van der Waals surface area contributed by atoms with Crippen molar-refractivity contribution in [1.29, 1.82) is 0 Å². The third-order valence-corrected chi connectivity index (χ3v) is 19.4. The van der Waals surface area contributed by atoms with Crippen LogP contribution in [0, 0.1) is 0 Å². The summed E-state index contributed by atoms with van der Waals surface area (Å²) in [4.78, 5) is 4.97. The predicted octanol–water partition coefficient (Wildman–Crippen LogP) is 21.6. The van der Waals surface area contributed by atoms with Crippen LogP contribution in [0.5, 0.6) is 0 Å². The first-order valence-corrected chi connectivity index (χ1v) is 29.8. The van der Waals surface area contributed by atoms with E-state index in [2.05, 4.69) is 342 Å². The smallest absolute Gasteiger partial charge is 0.0540 e. The third kappa shape index (κ3) is 7.91. The minimum absolute atomic E-state index is 0.146. The lowest BCUT2D eigenvalue weighted by Gasteiger charge is -2.36. The largest absolute Gasteiger partial charge is 0.310 e. The van der Waals surface area contributed by atoms with Crippen molar-refractivity contribution in [2.24, 2.45) is 0 Å². The molecule has 2 nitrogen and oxygen atoms in total. The highest BCUT2D eigenvalue weighted by molar-refractivity contribution is 5.93. The molecule has 0 fully saturated rings. The summed E-state index contributed by atoms with van der Waals surface area (Å²) in [6.45, 7) is 12.0. The predicted molar refractivity (Wildman–Crippen MR) is 352 cm³/mol. The van der Waals surface area contributed by atoms with E-state index in [4.69, 9.17) is 0 Å². The number of benzene rings is 12. The van der Waals surface area contributed by atoms with Crippen molar-refractivity contribution >= 4 is 34.1 Å². The third-order valence-electron chi connectivity index (χ3n) is 19.4. The lowest BCUT2D eigenvalue weighted by atomic mass is 9.67. The van der Waals surface area contributed by atoms with E-state index in [-0.39, 0.29) is 16.2 Å². The molecule has 84 heavy (non-hydrogen) atoms. The van der Waals surface area contributed by atoms with Gasteiger partial charge in [-0.15, -0.1) is 0 Å². The van der Waals surface area contributed by atoms with Crippen LogP contribution in [0.1, 0.15) is 91.1 Å². The van der Waals surface area contributed by atoms with E-state index in [0.29, 0.717) is 0 Å². The highest BCUT2D eigenvalue weighted by Crippen LogP contribution is 2.60. The van der Waals surface area contributed by atoms with E-state index in [9.17, 15) is 0 Å². The van der Waals surface area contributed by atoms with Crippen molar-refractivity contribution in [1.82, 2.24) is 0 Å². The second-order valence-electron chi connectivity index (χ2n) is 24.7. The molecule has 15 rings (SSSR count). The molecule has 0 saturated heterocycles. The topological polar surface area (TPSA) is 6.48 Å². The maximum Gasteiger partial charge on any atom is 0.0540 e. The minimum atomic E-state index is -0.463. The molecule has 3 aliphatic carbocycles. The van der Waals surface area contributed by atoms with Gasteiger partial charge >= 0.3 is 0 Å². The molecule has 2 heteroatoms. The monoisotopic (exact) mass is 1080 g/mol. The maximum atomic E-state index is 2.49. The van der Waals surface area contributed by atoms with E-state index in [0.717, 1.165) is 40.5 Å². The lowest BCUT2D eigenvalue weighted by Crippen LogP contribution is -2.30. The Labute approximate surface area is 495 Å². The lowest BCUT2D eigenvalue weighted by molar-refractivity contribution is 0.473. The quantitative estimate of drug-likeness (QED) is 0.127. The molecule has 0 heterocycles. The van der Waals surface area contributed by atoms with Crippen LogP contribution in [0.25, 0.3) is 44.5 Å². The molecule has 0 saturated carbocycles. The Bertz CT molecular complexity index is 4460. The van der Waals surface area contributed by atoms with Gasteiger partial charge in [-0.1, -0.05) is 271 Å². The second-order valence-corrected chi connectivity index (χ2v) is 24.7. The molecule has 2 atom stereocenters. The van der Waals surface area contributed by atoms with Gasteiger partial charge in [0, 0.05) is 55.5 Å². The average Bonchev–Trinajstić information content (AvgIpc) is 1.93. The molecule has 12 aromatic carbocycles. The van der Waals surface area contributed by atoms with Crippen molar-refractivity contribution in [3.8, 4) is 44.5 Å². The number of rotatable bonds is 11. The van der Waals surface area contributed by atoms with E-state index < -0.39 is 5.41 Å². The zero-order valence-corrected chi connectivity index (χ0v) is 48.4. The van der Waals surface area contributed by atoms with Gasteiger partial charge in [0.1, 0.15) is 0 Å². The fraction of sp³-hybridized carbons (Fsp3) is 0.122. The van der Waals surface area contributed by atoms with Crippen molar-refractivity contribution in [3.63, 3.8) is 0 Å². The van der Waals surface area contributed by atoms with Crippen LogP contribution < -0.4 is 9.80 Å². The van der Waals surface area contributed by atoms with Gasteiger partial charge in [-0.2, -0.15) is 0 Å². The average molecular weight is 1080 g/mol. The number of hydrogen-bond donors (Lipinski definition) is 0. The summed E-state index contributed by atoms with van der Waals surface area (Å²) in [5.41, 5.74) is 27.7. The van der Waals surface area contributed by atoms with E-state index in [1.54, 1.807) is 0 Å². The van der Waals surface area contributed by atoms with Gasteiger partial charge in [-0.05, 0) is 151 Å². The molecule has 0 amide bonds. The molecular weight excluding hydrogens is 1010 g/mol. The number of fused-ring (bicyclic) bond motifs is 7. The van der Waals surface area contributed by atoms with Crippen LogP contribution in [-0.2, 0) is 21.7 Å². The van der Waals surface area contributed by atoms with Crippen LogP contribution in [0.2, 0.25) is 0 Å². The minimum Gasteiger partial charge on any atom is -0.310 e. The van der Waals surface area contributed by atoms with Crippen molar-refractivity contribution in [2.75, 3.05) is 9.80 Å². The molecule has 404 valence electrons. The Balaban J connectivity index is 0.851. The van der Waals surface area contributed by atoms with Gasteiger partial charge in [0.2, 0.25) is 0 Å². The first kappa shape index (κ1) is 51.1. The van der Waals surface area contributed by atoms with Gasteiger partial charge in [0.15, 0.2) is 0 Å². The summed E-state index contributed by atoms with van der Waals surface area (Å²) in [5.74, 6) is 0. The van der Waals surface area contributed by atoms with Crippen LogP contribution in [-0.4, -0.2) is 0 Å². The number of anilines is 6. The maximum absolute atomic E-state index is 2.49. The summed E-state index contributed by atoms with van der Waals surface area (Å²) in [6, 6.07) is 111. The van der Waals surface area contributed by atoms with Crippen LogP contribution in [0.4, 0.5) is 34.1 Å². The van der Waals surface area contributed by atoms with Crippen molar-refractivity contribution in [3.05, 3.63) is 347 Å². The first-order valence-electron chi connectivity index (χ1n) is 29.8. The molecular formula is C82H66N2. The Morgan fingerprint density at radius 2 is 0.583 bits per heavy atom. The molecule has 12 aromatic rings. The second kappa shape index (κ2) is 19.7. The summed E-state index contributed by atoms with van der Waals surface area (Å²) < 4.78 is 0. The Hall–Kier alpha value is -9.76. The number of nitrogens with zero attached hydrogens (tertiary/aromatic N) is 2. The molecule has 0 aromatic heterocycles. The Kier molecular flexibility index (Phi) is 12.0. The van der Waals surface area contributed by atoms with Gasteiger partial charge in [0.05, 0.1) is 11.4 Å².